The second kappa shape index (κ2) is 16.0. The highest BCUT2D eigenvalue weighted by atomic mass is 15.2. The van der Waals surface area contributed by atoms with Crippen LogP contribution in [0.3, 0.4) is 0 Å². The molecular formula is C57H39N5. The summed E-state index contributed by atoms with van der Waals surface area (Å²) in [5.74, 6) is 1.74. The fourth-order valence-corrected chi connectivity index (χ4v) is 8.59. The molecule has 11 rings (SSSR count). The number of rotatable bonds is 9. The summed E-state index contributed by atoms with van der Waals surface area (Å²) < 4.78 is 2.23. The number of aromatic nitrogens is 4. The Kier molecular flexibility index (Phi) is 9.45. The lowest BCUT2D eigenvalue weighted by Crippen LogP contribution is -2.11. The van der Waals surface area contributed by atoms with Crippen molar-refractivity contribution in [3.05, 3.63) is 237 Å². The van der Waals surface area contributed by atoms with Gasteiger partial charge in [0.25, 0.3) is 0 Å². The second-order valence-corrected chi connectivity index (χ2v) is 15.3. The molecule has 0 atom stereocenters. The first-order valence-corrected chi connectivity index (χ1v) is 20.9. The average molecular weight is 794 g/mol. The third-order valence-corrected chi connectivity index (χ3v) is 11.4. The molecule has 0 unspecified atom stereocenters. The topological polar surface area (TPSA) is 46.8 Å². The first-order chi connectivity index (χ1) is 30.8. The zero-order valence-electron chi connectivity index (χ0n) is 33.8. The molecule has 5 nitrogen and oxygen atoms in total. The van der Waals surface area contributed by atoms with Crippen LogP contribution < -0.4 is 4.90 Å². The molecule has 0 aliphatic carbocycles. The molecule has 292 valence electrons. The molecule has 0 amide bonds. The van der Waals surface area contributed by atoms with Crippen molar-refractivity contribution in [1.82, 2.24) is 19.5 Å². The lowest BCUT2D eigenvalue weighted by atomic mass is 9.97. The predicted octanol–water partition coefficient (Wildman–Crippen LogP) is 14.8. The van der Waals surface area contributed by atoms with Gasteiger partial charge in [0.05, 0.1) is 16.7 Å². The van der Waals surface area contributed by atoms with Crippen LogP contribution in [0.15, 0.2) is 237 Å². The monoisotopic (exact) mass is 793 g/mol. The first-order valence-electron chi connectivity index (χ1n) is 20.9. The Morgan fingerprint density at radius 1 is 0.323 bits per heavy atom. The highest BCUT2D eigenvalue weighted by Crippen LogP contribution is 2.42. The molecule has 9 aromatic carbocycles. The van der Waals surface area contributed by atoms with Crippen molar-refractivity contribution in [1.29, 1.82) is 0 Å². The lowest BCUT2D eigenvalue weighted by molar-refractivity contribution is 0.954. The largest absolute Gasteiger partial charge is 0.310 e. The van der Waals surface area contributed by atoms with Crippen LogP contribution >= 0.6 is 0 Å². The third kappa shape index (κ3) is 6.78. The summed E-state index contributed by atoms with van der Waals surface area (Å²) in [5, 5.41) is 2.26. The molecule has 0 aliphatic heterocycles. The fourth-order valence-electron chi connectivity index (χ4n) is 8.59. The van der Waals surface area contributed by atoms with Gasteiger partial charge in [-0.25, -0.2) is 4.98 Å². The number of nitrogens with zero attached hydrogens (tertiary/aromatic N) is 5. The smallest absolute Gasteiger partial charge is 0.238 e. The van der Waals surface area contributed by atoms with Crippen LogP contribution in [-0.4, -0.2) is 19.5 Å². The maximum absolute atomic E-state index is 5.39. The lowest BCUT2D eigenvalue weighted by Gasteiger charge is -2.27. The van der Waals surface area contributed by atoms with Gasteiger partial charge in [-0.3, -0.25) is 4.57 Å². The average Bonchev–Trinajstić information content (AvgIpc) is 3.70. The fraction of sp³-hybridized carbons (Fsp3) is 0. The van der Waals surface area contributed by atoms with Crippen LogP contribution in [0.2, 0.25) is 0 Å². The number of hydrogen-bond donors (Lipinski definition) is 0. The molecule has 0 aliphatic rings. The van der Waals surface area contributed by atoms with Crippen LogP contribution in [0.4, 0.5) is 17.1 Å². The van der Waals surface area contributed by atoms with Gasteiger partial charge in [-0.15, -0.1) is 0 Å². The van der Waals surface area contributed by atoms with Gasteiger partial charge in [0.15, 0.2) is 11.6 Å². The van der Waals surface area contributed by atoms with Crippen molar-refractivity contribution in [3.63, 3.8) is 0 Å². The van der Waals surface area contributed by atoms with Crippen molar-refractivity contribution in [2.45, 2.75) is 0 Å². The number of para-hydroxylation sites is 5. The molecular weight excluding hydrogens is 755 g/mol. The van der Waals surface area contributed by atoms with Gasteiger partial charge in [0.1, 0.15) is 0 Å². The van der Waals surface area contributed by atoms with Crippen LogP contribution in [0, 0.1) is 0 Å². The summed E-state index contributed by atoms with van der Waals surface area (Å²) in [6.45, 7) is 0. The second-order valence-electron chi connectivity index (χ2n) is 15.3. The Bertz CT molecular complexity index is 3300. The summed E-state index contributed by atoms with van der Waals surface area (Å²) in [7, 11) is 0. The van der Waals surface area contributed by atoms with E-state index in [1.807, 2.05) is 18.2 Å². The molecule has 0 saturated carbocycles. The highest BCUT2D eigenvalue weighted by Gasteiger charge is 2.22. The van der Waals surface area contributed by atoms with Crippen molar-refractivity contribution < 1.29 is 0 Å². The van der Waals surface area contributed by atoms with Gasteiger partial charge in [-0.1, -0.05) is 188 Å². The quantitative estimate of drug-likeness (QED) is 0.146. The summed E-state index contributed by atoms with van der Waals surface area (Å²) in [6.07, 6.45) is 0. The molecule has 0 radical (unpaired) electrons. The van der Waals surface area contributed by atoms with Crippen molar-refractivity contribution in [2.75, 3.05) is 4.90 Å². The van der Waals surface area contributed by atoms with Crippen LogP contribution in [0.1, 0.15) is 0 Å². The molecule has 2 heterocycles. The number of hydrogen-bond acceptors (Lipinski definition) is 4. The maximum Gasteiger partial charge on any atom is 0.238 e. The molecule has 0 saturated heterocycles. The molecule has 11 aromatic rings. The van der Waals surface area contributed by atoms with E-state index in [1.54, 1.807) is 0 Å². The maximum atomic E-state index is 5.39. The number of benzene rings is 9. The van der Waals surface area contributed by atoms with Crippen molar-refractivity contribution in [3.8, 4) is 62.1 Å². The minimum absolute atomic E-state index is 0.553. The minimum atomic E-state index is 0.553. The van der Waals surface area contributed by atoms with Crippen molar-refractivity contribution >= 4 is 38.9 Å². The van der Waals surface area contributed by atoms with E-state index < -0.39 is 0 Å². The van der Waals surface area contributed by atoms with E-state index in [1.165, 1.54) is 5.56 Å². The molecule has 0 fully saturated rings. The van der Waals surface area contributed by atoms with Crippen molar-refractivity contribution in [2.24, 2.45) is 0 Å². The first kappa shape index (κ1) is 36.7. The zero-order valence-corrected chi connectivity index (χ0v) is 33.8. The van der Waals surface area contributed by atoms with E-state index in [9.17, 15) is 0 Å². The van der Waals surface area contributed by atoms with Gasteiger partial charge in [-0.05, 0) is 70.8 Å². The van der Waals surface area contributed by atoms with E-state index >= 15 is 0 Å². The standard InChI is InChI=1S/C57H39N5/c1-5-20-40(21-6-1)42-24-17-26-44(38-42)49-34-19-35-51-50-33-14-16-37-53(50)62(54(49)51)57-59-55(41-22-7-2-8-23-41)58-56(60-57)45-27-18-25-43(39-45)48-32-13-15-36-52(48)61(46-28-9-3-10-29-46)47-30-11-4-12-31-47/h1-39H. The Morgan fingerprint density at radius 2 is 0.790 bits per heavy atom. The Hall–Kier alpha value is -8.41. The number of anilines is 3. The van der Waals surface area contributed by atoms with Gasteiger partial charge in [-0.2, -0.15) is 9.97 Å². The Labute approximate surface area is 360 Å². The predicted molar refractivity (Wildman–Crippen MR) is 256 cm³/mol. The zero-order chi connectivity index (χ0) is 41.2. The van der Waals surface area contributed by atoms with E-state index in [-0.39, 0.29) is 0 Å². The van der Waals surface area contributed by atoms with Crippen LogP contribution in [0.5, 0.6) is 0 Å². The molecule has 0 bridgehead atoms. The summed E-state index contributed by atoms with van der Waals surface area (Å²) >= 11 is 0. The molecule has 2 aromatic heterocycles. The summed E-state index contributed by atoms with van der Waals surface area (Å²) in [4.78, 5) is 18.2. The molecule has 5 heteroatoms. The normalized spacial score (nSPS) is 11.2. The van der Waals surface area contributed by atoms with Gasteiger partial charge < -0.3 is 4.90 Å². The Morgan fingerprint density at radius 3 is 1.50 bits per heavy atom. The van der Waals surface area contributed by atoms with Gasteiger partial charge >= 0.3 is 0 Å². The minimum Gasteiger partial charge on any atom is -0.310 e. The summed E-state index contributed by atoms with van der Waals surface area (Å²) in [5.41, 5.74) is 13.8. The molecule has 0 spiro atoms. The number of fused-ring (bicyclic) bond motifs is 3. The molecule has 0 N–H and O–H groups in total. The van der Waals surface area contributed by atoms with E-state index in [2.05, 4.69) is 228 Å². The molecule has 62 heavy (non-hydrogen) atoms. The van der Waals surface area contributed by atoms with Crippen LogP contribution in [0.25, 0.3) is 83.9 Å². The highest BCUT2D eigenvalue weighted by molar-refractivity contribution is 6.13. The van der Waals surface area contributed by atoms with Crippen LogP contribution in [-0.2, 0) is 0 Å². The van der Waals surface area contributed by atoms with Gasteiger partial charge in [0, 0.05) is 44.4 Å². The SMILES string of the molecule is c1ccc(-c2cccc(-c3cccc4c5ccccc5n(-c5nc(-c6ccccc6)nc(-c6cccc(-c7ccccc7N(c7ccccc7)c7ccccc7)c6)n5)c34)c2)cc1. The Balaban J connectivity index is 1.11. The van der Waals surface area contributed by atoms with E-state index in [4.69, 9.17) is 15.0 Å². The van der Waals surface area contributed by atoms with E-state index in [0.29, 0.717) is 17.6 Å². The van der Waals surface area contributed by atoms with E-state index in [0.717, 1.165) is 77.8 Å². The van der Waals surface area contributed by atoms with Gasteiger partial charge in [0.2, 0.25) is 5.95 Å². The third-order valence-electron chi connectivity index (χ3n) is 11.4. The summed E-state index contributed by atoms with van der Waals surface area (Å²) in [6, 6.07) is 82.8.